The van der Waals surface area contributed by atoms with Crippen molar-refractivity contribution in [3.8, 4) is 11.1 Å². The van der Waals surface area contributed by atoms with Crippen LogP contribution < -0.4 is 11.1 Å². The van der Waals surface area contributed by atoms with Gasteiger partial charge in [0, 0.05) is 12.6 Å². The molecule has 3 N–H and O–H groups in total. The number of ether oxygens (including phenoxy) is 1. The Bertz CT molecular complexity index is 663. The lowest BCUT2D eigenvalue weighted by molar-refractivity contribution is 0.0524. The van der Waals surface area contributed by atoms with Gasteiger partial charge in [-0.3, -0.25) is 0 Å². The molecule has 0 aliphatic carbocycles. The lowest BCUT2D eigenvalue weighted by atomic mass is 9.95. The zero-order valence-electron chi connectivity index (χ0n) is 14.6. The summed E-state index contributed by atoms with van der Waals surface area (Å²) in [6, 6.07) is 18.3. The van der Waals surface area contributed by atoms with E-state index in [-0.39, 0.29) is 6.04 Å². The van der Waals surface area contributed by atoms with Crippen LogP contribution in [0.4, 0.5) is 4.79 Å². The third-order valence-corrected chi connectivity index (χ3v) is 3.49. The average Bonchev–Trinajstić information content (AvgIpc) is 2.53. The van der Waals surface area contributed by atoms with E-state index in [0.717, 1.165) is 0 Å². The summed E-state index contributed by atoms with van der Waals surface area (Å²) < 4.78 is 5.23. The topological polar surface area (TPSA) is 64.3 Å². The number of nitrogens with one attached hydrogen (secondary N) is 1. The first-order chi connectivity index (χ1) is 11.3. The van der Waals surface area contributed by atoms with Gasteiger partial charge in [0.25, 0.3) is 0 Å². The normalized spacial score (nSPS) is 12.5. The van der Waals surface area contributed by atoms with Crippen LogP contribution in [0.3, 0.4) is 0 Å². The first-order valence-corrected chi connectivity index (χ1v) is 8.21. The Morgan fingerprint density at radius 2 is 1.71 bits per heavy atom. The number of carbonyl (C=O) groups excluding carboxylic acids is 1. The molecule has 2 aromatic carbocycles. The molecule has 128 valence electrons. The zero-order chi connectivity index (χ0) is 17.6. The molecular weight excluding hydrogens is 300 g/mol. The predicted octanol–water partition coefficient (Wildman–Crippen LogP) is 3.75. The maximum atomic E-state index is 11.7. The molecule has 0 radical (unpaired) electrons. The van der Waals surface area contributed by atoms with Gasteiger partial charge >= 0.3 is 6.09 Å². The van der Waals surface area contributed by atoms with E-state index in [1.807, 2.05) is 51.1 Å². The molecule has 0 aromatic heterocycles. The van der Waals surface area contributed by atoms with E-state index in [2.05, 4.69) is 29.6 Å². The van der Waals surface area contributed by atoms with Crippen LogP contribution in [0.25, 0.3) is 11.1 Å². The van der Waals surface area contributed by atoms with E-state index in [1.165, 1.54) is 16.7 Å². The highest BCUT2D eigenvalue weighted by Gasteiger charge is 2.17. The van der Waals surface area contributed by atoms with Crippen molar-refractivity contribution in [2.75, 3.05) is 6.54 Å². The SMILES string of the molecule is CC(C)(C)OC(=O)NCC(N)Cc1ccccc1-c1ccccc1. The maximum Gasteiger partial charge on any atom is 0.407 e. The van der Waals surface area contributed by atoms with Crippen molar-refractivity contribution in [2.24, 2.45) is 5.73 Å². The molecule has 0 bridgehead atoms. The molecule has 1 atom stereocenters. The molecule has 0 heterocycles. The largest absolute Gasteiger partial charge is 0.444 e. The van der Waals surface area contributed by atoms with Crippen LogP contribution in [-0.4, -0.2) is 24.3 Å². The molecule has 1 amide bonds. The number of hydrogen-bond donors (Lipinski definition) is 2. The summed E-state index contributed by atoms with van der Waals surface area (Å²) in [7, 11) is 0. The van der Waals surface area contributed by atoms with Gasteiger partial charge in [0.05, 0.1) is 0 Å². The second kappa shape index (κ2) is 7.97. The van der Waals surface area contributed by atoms with Crippen LogP contribution in [0, 0.1) is 0 Å². The van der Waals surface area contributed by atoms with Crippen molar-refractivity contribution in [1.29, 1.82) is 0 Å². The van der Waals surface area contributed by atoms with Crippen LogP contribution in [0.2, 0.25) is 0 Å². The molecule has 0 fully saturated rings. The van der Waals surface area contributed by atoms with Gasteiger partial charge in [0.15, 0.2) is 0 Å². The summed E-state index contributed by atoms with van der Waals surface area (Å²) in [6.45, 7) is 5.88. The first kappa shape index (κ1) is 18.0. The molecule has 0 saturated carbocycles. The summed E-state index contributed by atoms with van der Waals surface area (Å²) in [4.78, 5) is 11.7. The Labute approximate surface area is 144 Å². The molecule has 0 aliphatic heterocycles. The fourth-order valence-electron chi connectivity index (χ4n) is 2.48. The lowest BCUT2D eigenvalue weighted by Gasteiger charge is -2.21. The van der Waals surface area contributed by atoms with E-state index >= 15 is 0 Å². The number of carbonyl (C=O) groups is 1. The minimum Gasteiger partial charge on any atom is -0.444 e. The van der Waals surface area contributed by atoms with Crippen LogP contribution in [-0.2, 0) is 11.2 Å². The highest BCUT2D eigenvalue weighted by Crippen LogP contribution is 2.24. The monoisotopic (exact) mass is 326 g/mol. The zero-order valence-corrected chi connectivity index (χ0v) is 14.6. The number of hydrogen-bond acceptors (Lipinski definition) is 3. The van der Waals surface area contributed by atoms with Crippen molar-refractivity contribution in [2.45, 2.75) is 38.8 Å². The van der Waals surface area contributed by atoms with Crippen LogP contribution in [0.1, 0.15) is 26.3 Å². The number of amides is 1. The van der Waals surface area contributed by atoms with Gasteiger partial charge in [-0.15, -0.1) is 0 Å². The van der Waals surface area contributed by atoms with Gasteiger partial charge in [0.2, 0.25) is 0 Å². The second-order valence-electron chi connectivity index (χ2n) is 6.87. The van der Waals surface area contributed by atoms with Gasteiger partial charge in [-0.1, -0.05) is 54.6 Å². The van der Waals surface area contributed by atoms with Gasteiger partial charge in [-0.05, 0) is 43.9 Å². The smallest absolute Gasteiger partial charge is 0.407 e. The summed E-state index contributed by atoms with van der Waals surface area (Å²) >= 11 is 0. The number of alkyl carbamates (subject to hydrolysis) is 1. The van der Waals surface area contributed by atoms with Crippen molar-refractivity contribution in [3.63, 3.8) is 0 Å². The Morgan fingerprint density at radius 1 is 1.08 bits per heavy atom. The third-order valence-electron chi connectivity index (χ3n) is 3.49. The Kier molecular flexibility index (Phi) is 5.99. The van der Waals surface area contributed by atoms with Crippen molar-refractivity contribution >= 4 is 6.09 Å². The fourth-order valence-corrected chi connectivity index (χ4v) is 2.48. The average molecular weight is 326 g/mol. The molecule has 2 rings (SSSR count). The third kappa shape index (κ3) is 5.70. The maximum absolute atomic E-state index is 11.7. The van der Waals surface area contributed by atoms with Crippen LogP contribution >= 0.6 is 0 Å². The standard InChI is InChI=1S/C20H26N2O2/c1-20(2,3)24-19(23)22-14-17(21)13-16-11-7-8-12-18(16)15-9-5-4-6-10-15/h4-12,17H,13-14,21H2,1-3H3,(H,22,23). The number of nitrogens with two attached hydrogens (primary N) is 1. The molecule has 0 saturated heterocycles. The van der Waals surface area contributed by atoms with E-state index in [0.29, 0.717) is 13.0 Å². The van der Waals surface area contributed by atoms with E-state index in [4.69, 9.17) is 10.5 Å². The molecule has 0 spiro atoms. The number of rotatable bonds is 5. The molecule has 1 unspecified atom stereocenters. The Morgan fingerprint density at radius 3 is 2.38 bits per heavy atom. The highest BCUT2D eigenvalue weighted by atomic mass is 16.6. The minimum atomic E-state index is -0.506. The van der Waals surface area contributed by atoms with Crippen molar-refractivity contribution in [3.05, 3.63) is 60.2 Å². The molecule has 24 heavy (non-hydrogen) atoms. The lowest BCUT2D eigenvalue weighted by Crippen LogP contribution is -2.41. The minimum absolute atomic E-state index is 0.178. The van der Waals surface area contributed by atoms with Crippen molar-refractivity contribution in [1.82, 2.24) is 5.32 Å². The molecule has 2 aromatic rings. The molecule has 0 aliphatic rings. The summed E-state index contributed by atoms with van der Waals surface area (Å²) in [5.74, 6) is 0. The molecular formula is C20H26N2O2. The van der Waals surface area contributed by atoms with Crippen molar-refractivity contribution < 1.29 is 9.53 Å². The predicted molar refractivity (Wildman–Crippen MR) is 97.8 cm³/mol. The molecule has 4 heteroatoms. The highest BCUT2D eigenvalue weighted by molar-refractivity contribution is 5.68. The van der Waals surface area contributed by atoms with E-state index < -0.39 is 11.7 Å². The van der Waals surface area contributed by atoms with Crippen LogP contribution in [0.5, 0.6) is 0 Å². The first-order valence-electron chi connectivity index (χ1n) is 8.21. The number of benzene rings is 2. The molecule has 4 nitrogen and oxygen atoms in total. The van der Waals surface area contributed by atoms with Crippen LogP contribution in [0.15, 0.2) is 54.6 Å². The quantitative estimate of drug-likeness (QED) is 0.879. The summed E-state index contributed by atoms with van der Waals surface area (Å²) in [5.41, 5.74) is 9.20. The van der Waals surface area contributed by atoms with E-state index in [1.54, 1.807) is 0 Å². The van der Waals surface area contributed by atoms with Gasteiger partial charge in [0.1, 0.15) is 5.60 Å². The Balaban J connectivity index is 1.98. The fraction of sp³-hybridized carbons (Fsp3) is 0.350. The van der Waals surface area contributed by atoms with E-state index in [9.17, 15) is 4.79 Å². The van der Waals surface area contributed by atoms with Gasteiger partial charge < -0.3 is 15.8 Å². The van der Waals surface area contributed by atoms with Gasteiger partial charge in [-0.2, -0.15) is 0 Å². The summed E-state index contributed by atoms with van der Waals surface area (Å²) in [5, 5.41) is 2.73. The van der Waals surface area contributed by atoms with Gasteiger partial charge in [-0.25, -0.2) is 4.79 Å². The second-order valence-corrected chi connectivity index (χ2v) is 6.87. The summed E-state index contributed by atoms with van der Waals surface area (Å²) in [6.07, 6.45) is 0.246. The Hall–Kier alpha value is -2.33.